The van der Waals surface area contributed by atoms with Gasteiger partial charge >= 0.3 is 0 Å². The smallest absolute Gasteiger partial charge is 0.0897 e. The third kappa shape index (κ3) is 14.9. The number of unbranched alkanes of at least 4 members (excludes halogenated alkanes) is 1. The van der Waals surface area contributed by atoms with Crippen molar-refractivity contribution in [2.45, 2.75) is 52.1 Å². The van der Waals surface area contributed by atoms with Gasteiger partial charge in [0.25, 0.3) is 0 Å². The van der Waals surface area contributed by atoms with E-state index in [0.29, 0.717) is 19.1 Å². The maximum Gasteiger partial charge on any atom is 0.0897 e. The van der Waals surface area contributed by atoms with E-state index < -0.39 is 6.10 Å². The zero-order chi connectivity index (χ0) is 15.8. The molecule has 21 heavy (non-hydrogen) atoms. The van der Waals surface area contributed by atoms with Crippen molar-refractivity contribution in [2.24, 2.45) is 5.92 Å². The van der Waals surface area contributed by atoms with Gasteiger partial charge in [0.2, 0.25) is 0 Å². The summed E-state index contributed by atoms with van der Waals surface area (Å²) in [5, 5.41) is 21.7. The summed E-state index contributed by atoms with van der Waals surface area (Å²) in [6, 6.07) is 0. The predicted octanol–water partition coefficient (Wildman–Crippen LogP) is 2.29. The van der Waals surface area contributed by atoms with Crippen molar-refractivity contribution in [2.75, 3.05) is 44.4 Å². The molecule has 0 aromatic carbocycles. The first-order valence-electron chi connectivity index (χ1n) is 8.39. The summed E-state index contributed by atoms with van der Waals surface area (Å²) in [6.45, 7) is 7.36. The van der Waals surface area contributed by atoms with Gasteiger partial charge in [0, 0.05) is 32.1 Å². The van der Waals surface area contributed by atoms with Gasteiger partial charge in [-0.15, -0.1) is 0 Å². The number of hydrogen-bond acceptors (Lipinski definition) is 5. The van der Waals surface area contributed by atoms with Gasteiger partial charge in [-0.05, 0) is 24.5 Å². The maximum absolute atomic E-state index is 9.82. The summed E-state index contributed by atoms with van der Waals surface area (Å²) >= 11 is 1.83. The van der Waals surface area contributed by atoms with Gasteiger partial charge in [0.1, 0.15) is 0 Å². The van der Waals surface area contributed by atoms with Gasteiger partial charge in [-0.2, -0.15) is 11.8 Å². The van der Waals surface area contributed by atoms with E-state index in [0.717, 1.165) is 37.5 Å². The minimum atomic E-state index is -0.420. The molecular formula is C16H35NO3S. The molecule has 0 spiro atoms. The molecule has 0 rings (SSSR count). The summed E-state index contributed by atoms with van der Waals surface area (Å²) in [5.41, 5.74) is 0. The summed E-state index contributed by atoms with van der Waals surface area (Å²) in [6.07, 6.45) is 5.32. The van der Waals surface area contributed by atoms with Gasteiger partial charge in [-0.1, -0.05) is 33.1 Å². The first-order chi connectivity index (χ1) is 10.2. The topological polar surface area (TPSA) is 61.7 Å². The zero-order valence-electron chi connectivity index (χ0n) is 13.9. The Morgan fingerprint density at radius 2 is 1.95 bits per heavy atom. The second-order valence-electron chi connectivity index (χ2n) is 5.50. The van der Waals surface area contributed by atoms with Gasteiger partial charge in [0.05, 0.1) is 12.7 Å². The van der Waals surface area contributed by atoms with Crippen molar-refractivity contribution in [1.29, 1.82) is 0 Å². The summed E-state index contributed by atoms with van der Waals surface area (Å²) in [5.74, 6) is 2.65. The molecule has 0 fully saturated rings. The Balaban J connectivity index is 3.38. The van der Waals surface area contributed by atoms with Crippen LogP contribution in [-0.4, -0.2) is 60.7 Å². The zero-order valence-corrected chi connectivity index (χ0v) is 14.7. The number of rotatable bonds is 16. The third-order valence-electron chi connectivity index (χ3n) is 3.46. The molecule has 2 unspecified atom stereocenters. The molecule has 0 aliphatic heterocycles. The van der Waals surface area contributed by atoms with Crippen molar-refractivity contribution < 1.29 is 14.9 Å². The van der Waals surface area contributed by atoms with E-state index in [-0.39, 0.29) is 6.61 Å². The van der Waals surface area contributed by atoms with Gasteiger partial charge in [-0.3, -0.25) is 0 Å². The molecule has 0 saturated heterocycles. The Kier molecular flexibility index (Phi) is 16.7. The lowest BCUT2D eigenvalue weighted by atomic mass is 10.0. The van der Waals surface area contributed by atoms with E-state index in [1.165, 1.54) is 19.3 Å². The number of thioether (sulfide) groups is 1. The minimum absolute atomic E-state index is 0.271. The molecule has 0 saturated carbocycles. The van der Waals surface area contributed by atoms with Crippen LogP contribution in [0.4, 0.5) is 0 Å². The van der Waals surface area contributed by atoms with Gasteiger partial charge in [0.15, 0.2) is 0 Å². The van der Waals surface area contributed by atoms with Crippen LogP contribution in [0.5, 0.6) is 0 Å². The quantitative estimate of drug-likeness (QED) is 0.381. The van der Waals surface area contributed by atoms with Crippen molar-refractivity contribution >= 4 is 11.8 Å². The largest absolute Gasteiger partial charge is 0.396 e. The van der Waals surface area contributed by atoms with Crippen LogP contribution in [0, 0.1) is 5.92 Å². The molecule has 0 bridgehead atoms. The molecule has 128 valence electrons. The van der Waals surface area contributed by atoms with Crippen molar-refractivity contribution in [3.63, 3.8) is 0 Å². The highest BCUT2D eigenvalue weighted by Crippen LogP contribution is 2.12. The molecule has 0 amide bonds. The molecule has 5 heteroatoms. The Labute approximate surface area is 135 Å². The fourth-order valence-electron chi connectivity index (χ4n) is 2.01. The van der Waals surface area contributed by atoms with E-state index >= 15 is 0 Å². The monoisotopic (exact) mass is 321 g/mol. The number of hydrogen-bond donors (Lipinski definition) is 3. The average Bonchev–Trinajstić information content (AvgIpc) is 2.49. The number of aliphatic hydroxyl groups is 2. The predicted molar refractivity (Wildman–Crippen MR) is 92.0 cm³/mol. The number of aliphatic hydroxyl groups excluding tert-OH is 2. The second-order valence-corrected chi connectivity index (χ2v) is 6.73. The fraction of sp³-hybridized carbons (Fsp3) is 1.00. The minimum Gasteiger partial charge on any atom is -0.396 e. The first kappa shape index (κ1) is 21.2. The van der Waals surface area contributed by atoms with Crippen LogP contribution >= 0.6 is 11.8 Å². The molecule has 0 heterocycles. The average molecular weight is 322 g/mol. The van der Waals surface area contributed by atoms with Crippen molar-refractivity contribution in [3.8, 4) is 0 Å². The molecule has 0 aliphatic carbocycles. The van der Waals surface area contributed by atoms with Crippen LogP contribution in [0.1, 0.15) is 46.0 Å². The van der Waals surface area contributed by atoms with Crippen LogP contribution in [-0.2, 0) is 4.74 Å². The molecule has 0 aromatic rings. The van der Waals surface area contributed by atoms with E-state index in [9.17, 15) is 5.11 Å². The molecule has 4 nitrogen and oxygen atoms in total. The van der Waals surface area contributed by atoms with E-state index in [2.05, 4.69) is 19.2 Å². The van der Waals surface area contributed by atoms with Crippen molar-refractivity contribution in [3.05, 3.63) is 0 Å². The van der Waals surface area contributed by atoms with E-state index in [1.54, 1.807) is 0 Å². The lowest BCUT2D eigenvalue weighted by Gasteiger charge is -2.17. The molecule has 0 aromatic heterocycles. The number of nitrogens with one attached hydrogen (secondary N) is 1. The van der Waals surface area contributed by atoms with E-state index in [4.69, 9.17) is 9.84 Å². The van der Waals surface area contributed by atoms with Crippen molar-refractivity contribution in [1.82, 2.24) is 5.32 Å². The van der Waals surface area contributed by atoms with Crippen LogP contribution in [0.3, 0.4) is 0 Å². The molecule has 0 radical (unpaired) electrons. The van der Waals surface area contributed by atoms with Crippen LogP contribution in [0.25, 0.3) is 0 Å². The summed E-state index contributed by atoms with van der Waals surface area (Å²) in [4.78, 5) is 0. The van der Waals surface area contributed by atoms with Gasteiger partial charge in [-0.25, -0.2) is 0 Å². The molecular weight excluding hydrogens is 286 g/mol. The fourth-order valence-corrected chi connectivity index (χ4v) is 2.84. The van der Waals surface area contributed by atoms with Gasteiger partial charge < -0.3 is 20.3 Å². The third-order valence-corrected chi connectivity index (χ3v) is 4.53. The molecule has 3 N–H and O–H groups in total. The summed E-state index contributed by atoms with van der Waals surface area (Å²) < 4.78 is 5.63. The Hall–Kier alpha value is 0.190. The van der Waals surface area contributed by atoms with Crippen LogP contribution in [0.2, 0.25) is 0 Å². The lowest BCUT2D eigenvalue weighted by molar-refractivity contribution is 0.0196. The highest BCUT2D eigenvalue weighted by Gasteiger charge is 2.08. The standard InChI is InChI=1S/C16H35NO3S/c1-3-5-7-15(4-2)13-20-14-16(19)12-17-8-11-21-10-6-9-18/h15-19H,3-14H2,1-2H3. The lowest BCUT2D eigenvalue weighted by Crippen LogP contribution is -2.32. The Morgan fingerprint density at radius 1 is 1.14 bits per heavy atom. The molecule has 0 aliphatic rings. The van der Waals surface area contributed by atoms with E-state index in [1.807, 2.05) is 11.8 Å². The molecule has 2 atom stereocenters. The van der Waals surface area contributed by atoms with Crippen LogP contribution in [0.15, 0.2) is 0 Å². The Morgan fingerprint density at radius 3 is 2.62 bits per heavy atom. The maximum atomic E-state index is 9.82. The highest BCUT2D eigenvalue weighted by molar-refractivity contribution is 7.99. The Bertz CT molecular complexity index is 208. The van der Waals surface area contributed by atoms with Crippen LogP contribution < -0.4 is 5.32 Å². The first-order valence-corrected chi connectivity index (χ1v) is 9.55. The normalized spacial score (nSPS) is 14.3. The highest BCUT2D eigenvalue weighted by atomic mass is 32.2. The second kappa shape index (κ2) is 16.6. The SMILES string of the molecule is CCCCC(CC)COCC(O)CNCCSCCCO. The summed E-state index contributed by atoms with van der Waals surface area (Å²) in [7, 11) is 0. The number of ether oxygens (including phenoxy) is 1.